The molecule has 1 aromatic carbocycles. The lowest BCUT2D eigenvalue weighted by Crippen LogP contribution is -2.30. The van der Waals surface area contributed by atoms with E-state index in [1.165, 1.54) is 17.2 Å². The van der Waals surface area contributed by atoms with Gasteiger partial charge >= 0.3 is 6.18 Å². The third-order valence-corrected chi connectivity index (χ3v) is 4.40. The topological polar surface area (TPSA) is 96.5 Å². The quantitative estimate of drug-likeness (QED) is 0.652. The number of nitrogens with zero attached hydrogens (tertiary/aromatic N) is 5. The average molecular weight is 435 g/mol. The van der Waals surface area contributed by atoms with Crippen LogP contribution in [0.25, 0.3) is 5.82 Å². The maximum absolute atomic E-state index is 13.0. The van der Waals surface area contributed by atoms with Crippen molar-refractivity contribution in [2.24, 2.45) is 0 Å². The van der Waals surface area contributed by atoms with Crippen LogP contribution in [0, 0.1) is 11.3 Å². The molecule has 3 rings (SSSR count). The number of carbonyl (C=O) groups is 1. The second kappa shape index (κ2) is 8.51. The van der Waals surface area contributed by atoms with Gasteiger partial charge in [0.15, 0.2) is 11.6 Å². The maximum atomic E-state index is 13.0. The SMILES string of the molecule is CC[C@H](NC(=O)c1cc(Cl)cc(C(F)(F)F)c1)c1ncnn1-c1ccc(C#N)cn1. The molecule has 1 N–H and O–H groups in total. The molecule has 154 valence electrons. The molecule has 2 aromatic heterocycles. The Morgan fingerprint density at radius 1 is 1.30 bits per heavy atom. The number of hydrogen-bond acceptors (Lipinski definition) is 5. The van der Waals surface area contributed by atoms with Gasteiger partial charge in [-0.2, -0.15) is 28.2 Å². The first-order valence-electron chi connectivity index (χ1n) is 8.68. The minimum atomic E-state index is -4.63. The van der Waals surface area contributed by atoms with Gasteiger partial charge in [-0.05, 0) is 36.8 Å². The van der Waals surface area contributed by atoms with Crippen molar-refractivity contribution in [1.29, 1.82) is 5.26 Å². The fraction of sp³-hybridized carbons (Fsp3) is 0.211. The summed E-state index contributed by atoms with van der Waals surface area (Å²) in [6.45, 7) is 1.77. The minimum Gasteiger partial charge on any atom is -0.342 e. The molecule has 7 nitrogen and oxygen atoms in total. The summed E-state index contributed by atoms with van der Waals surface area (Å²) >= 11 is 5.76. The van der Waals surface area contributed by atoms with Crippen molar-refractivity contribution >= 4 is 17.5 Å². The van der Waals surface area contributed by atoms with Crippen molar-refractivity contribution in [1.82, 2.24) is 25.1 Å². The van der Waals surface area contributed by atoms with Gasteiger partial charge < -0.3 is 5.32 Å². The summed E-state index contributed by atoms with van der Waals surface area (Å²) in [6, 6.07) is 7.06. The molecule has 1 atom stereocenters. The first kappa shape index (κ1) is 21.3. The first-order chi connectivity index (χ1) is 14.2. The van der Waals surface area contributed by atoms with E-state index in [1.54, 1.807) is 19.1 Å². The molecule has 0 unspecified atom stereocenters. The van der Waals surface area contributed by atoms with Gasteiger partial charge in [-0.3, -0.25) is 4.79 Å². The van der Waals surface area contributed by atoms with Crippen LogP contribution in [0.5, 0.6) is 0 Å². The van der Waals surface area contributed by atoms with Crippen LogP contribution in [0.4, 0.5) is 13.2 Å². The van der Waals surface area contributed by atoms with Gasteiger partial charge in [-0.15, -0.1) is 0 Å². The lowest BCUT2D eigenvalue weighted by molar-refractivity contribution is -0.137. The Morgan fingerprint density at radius 2 is 2.07 bits per heavy atom. The molecule has 0 fully saturated rings. The molecule has 0 aliphatic rings. The van der Waals surface area contributed by atoms with Crippen LogP contribution in [0.1, 0.15) is 46.7 Å². The normalized spacial score (nSPS) is 12.3. The number of hydrogen-bond donors (Lipinski definition) is 1. The van der Waals surface area contributed by atoms with Crippen molar-refractivity contribution in [3.05, 3.63) is 70.4 Å². The minimum absolute atomic E-state index is 0.201. The molecule has 0 bridgehead atoms. The van der Waals surface area contributed by atoms with E-state index in [4.69, 9.17) is 16.9 Å². The van der Waals surface area contributed by atoms with Crippen LogP contribution >= 0.6 is 11.6 Å². The first-order valence-corrected chi connectivity index (χ1v) is 9.05. The molecule has 1 amide bonds. The number of nitrogens with one attached hydrogen (secondary N) is 1. The van der Waals surface area contributed by atoms with Gasteiger partial charge in [0, 0.05) is 16.8 Å². The molecule has 0 radical (unpaired) electrons. The van der Waals surface area contributed by atoms with Crippen molar-refractivity contribution in [2.45, 2.75) is 25.6 Å². The largest absolute Gasteiger partial charge is 0.416 e. The average Bonchev–Trinajstić information content (AvgIpc) is 3.20. The fourth-order valence-corrected chi connectivity index (χ4v) is 2.95. The van der Waals surface area contributed by atoms with Gasteiger partial charge in [0.1, 0.15) is 12.4 Å². The third-order valence-electron chi connectivity index (χ3n) is 4.18. The highest BCUT2D eigenvalue weighted by Crippen LogP contribution is 2.32. The molecule has 0 aliphatic heterocycles. The fourth-order valence-electron chi connectivity index (χ4n) is 2.72. The Kier molecular flexibility index (Phi) is 6.03. The molecule has 0 saturated carbocycles. The van der Waals surface area contributed by atoms with Crippen molar-refractivity contribution < 1.29 is 18.0 Å². The van der Waals surface area contributed by atoms with Crippen LogP contribution in [0.15, 0.2) is 42.9 Å². The Morgan fingerprint density at radius 3 is 2.67 bits per heavy atom. The van der Waals surface area contributed by atoms with E-state index in [-0.39, 0.29) is 10.6 Å². The lowest BCUT2D eigenvalue weighted by atomic mass is 10.1. The summed E-state index contributed by atoms with van der Waals surface area (Å²) in [4.78, 5) is 20.9. The van der Waals surface area contributed by atoms with E-state index in [0.29, 0.717) is 23.6 Å². The van der Waals surface area contributed by atoms with Crippen molar-refractivity contribution in [2.75, 3.05) is 0 Å². The summed E-state index contributed by atoms with van der Waals surface area (Å²) in [5, 5.41) is 15.4. The van der Waals surface area contributed by atoms with E-state index in [9.17, 15) is 18.0 Å². The van der Waals surface area contributed by atoms with Crippen LogP contribution in [0.2, 0.25) is 5.02 Å². The summed E-state index contributed by atoms with van der Waals surface area (Å²) in [7, 11) is 0. The lowest BCUT2D eigenvalue weighted by Gasteiger charge is -2.18. The zero-order chi connectivity index (χ0) is 21.9. The Balaban J connectivity index is 1.88. The Bertz CT molecular complexity index is 1100. The maximum Gasteiger partial charge on any atom is 0.416 e. The smallest absolute Gasteiger partial charge is 0.342 e. The van der Waals surface area contributed by atoms with Gasteiger partial charge in [0.25, 0.3) is 5.91 Å². The van der Waals surface area contributed by atoms with E-state index >= 15 is 0 Å². The Hall–Kier alpha value is -3.45. The summed E-state index contributed by atoms with van der Waals surface area (Å²) in [6.07, 6.45) is -1.62. The molecular formula is C19H14ClF3N6O. The van der Waals surface area contributed by atoms with Gasteiger partial charge in [0.05, 0.1) is 17.2 Å². The van der Waals surface area contributed by atoms with E-state index in [0.717, 1.165) is 18.2 Å². The van der Waals surface area contributed by atoms with Gasteiger partial charge in [0.2, 0.25) is 0 Å². The van der Waals surface area contributed by atoms with E-state index in [1.807, 2.05) is 6.07 Å². The monoisotopic (exact) mass is 434 g/mol. The number of alkyl halides is 3. The van der Waals surface area contributed by atoms with Crippen LogP contribution in [0.3, 0.4) is 0 Å². The highest BCUT2D eigenvalue weighted by molar-refractivity contribution is 6.31. The molecule has 3 aromatic rings. The number of halogens is 4. The number of carbonyl (C=O) groups excluding carboxylic acids is 1. The summed E-state index contributed by atoms with van der Waals surface area (Å²) in [5.41, 5.74) is -0.879. The van der Waals surface area contributed by atoms with Crippen LogP contribution in [-0.2, 0) is 6.18 Å². The number of benzene rings is 1. The highest BCUT2D eigenvalue weighted by atomic mass is 35.5. The second-order valence-electron chi connectivity index (χ2n) is 6.21. The van der Waals surface area contributed by atoms with Crippen molar-refractivity contribution in [3.63, 3.8) is 0 Å². The van der Waals surface area contributed by atoms with Crippen LogP contribution in [-0.4, -0.2) is 25.7 Å². The predicted molar refractivity (Wildman–Crippen MR) is 101 cm³/mol. The second-order valence-corrected chi connectivity index (χ2v) is 6.64. The standard InChI is InChI=1S/C19H14ClF3N6O/c1-2-15(17-26-10-27-29(17)16-4-3-11(8-24)9-25-16)28-18(30)12-5-13(19(21,22)23)7-14(20)6-12/h3-7,9-10,15H,2H2,1H3,(H,28,30)/t15-/m0/s1. The number of pyridine rings is 1. The summed E-state index contributed by atoms with van der Waals surface area (Å²) < 4.78 is 40.4. The van der Waals surface area contributed by atoms with E-state index in [2.05, 4.69) is 20.4 Å². The zero-order valence-corrected chi connectivity index (χ0v) is 16.2. The molecular weight excluding hydrogens is 421 g/mol. The molecule has 30 heavy (non-hydrogen) atoms. The van der Waals surface area contributed by atoms with Gasteiger partial charge in [-0.25, -0.2) is 9.97 Å². The molecule has 0 spiro atoms. The van der Waals surface area contributed by atoms with Gasteiger partial charge in [-0.1, -0.05) is 18.5 Å². The number of amides is 1. The van der Waals surface area contributed by atoms with Crippen molar-refractivity contribution in [3.8, 4) is 11.9 Å². The highest BCUT2D eigenvalue weighted by Gasteiger charge is 2.32. The number of nitriles is 1. The predicted octanol–water partition coefficient (Wildman–Crippen LogP) is 4.09. The van der Waals surface area contributed by atoms with E-state index < -0.39 is 23.7 Å². The van der Waals surface area contributed by atoms with Crippen LogP contribution < -0.4 is 5.32 Å². The molecule has 0 aliphatic carbocycles. The summed E-state index contributed by atoms with van der Waals surface area (Å²) in [5.74, 6) is -0.0327. The molecule has 11 heteroatoms. The third kappa shape index (κ3) is 4.58. The number of rotatable bonds is 5. The molecule has 2 heterocycles. The zero-order valence-electron chi connectivity index (χ0n) is 15.5. The number of aromatic nitrogens is 4. The Labute approximate surface area is 174 Å². The molecule has 0 saturated heterocycles.